The summed E-state index contributed by atoms with van der Waals surface area (Å²) in [4.78, 5) is 0. The van der Waals surface area contributed by atoms with E-state index in [9.17, 15) is 0 Å². The first-order chi connectivity index (χ1) is 6.43. The summed E-state index contributed by atoms with van der Waals surface area (Å²) >= 11 is 1.90. The molecule has 0 saturated carbocycles. The van der Waals surface area contributed by atoms with Crippen LogP contribution in [0.3, 0.4) is 0 Å². The molecule has 1 rings (SSSR count). The van der Waals surface area contributed by atoms with Gasteiger partial charge in [0.15, 0.2) is 6.29 Å². The molecular formula is C9H18O3S. The lowest BCUT2D eigenvalue weighted by Crippen LogP contribution is -2.08. The topological polar surface area (TPSA) is 27.7 Å². The molecule has 3 nitrogen and oxygen atoms in total. The molecule has 1 aliphatic rings. The summed E-state index contributed by atoms with van der Waals surface area (Å²) in [5.41, 5.74) is 0. The zero-order valence-corrected chi connectivity index (χ0v) is 8.98. The Hall–Kier alpha value is 0.230. The fourth-order valence-electron chi connectivity index (χ4n) is 1.12. The summed E-state index contributed by atoms with van der Waals surface area (Å²) in [5, 5.41) is 0. The van der Waals surface area contributed by atoms with Crippen LogP contribution >= 0.6 is 11.8 Å². The van der Waals surface area contributed by atoms with Gasteiger partial charge < -0.3 is 14.2 Å². The van der Waals surface area contributed by atoms with E-state index in [4.69, 9.17) is 14.2 Å². The molecule has 1 heterocycles. The Labute approximate surface area is 84.1 Å². The number of rotatable bonds is 7. The minimum absolute atomic E-state index is 0.0552. The molecule has 0 aromatic carbocycles. The third kappa shape index (κ3) is 5.52. The van der Waals surface area contributed by atoms with Crippen molar-refractivity contribution in [2.45, 2.75) is 19.6 Å². The van der Waals surface area contributed by atoms with E-state index in [0.717, 1.165) is 44.4 Å². The quantitative estimate of drug-likeness (QED) is 0.590. The van der Waals surface area contributed by atoms with Crippen LogP contribution in [0.5, 0.6) is 0 Å². The lowest BCUT2D eigenvalue weighted by Gasteiger charge is -2.07. The Bertz CT molecular complexity index is 115. The van der Waals surface area contributed by atoms with Gasteiger partial charge in [-0.15, -0.1) is 0 Å². The highest BCUT2D eigenvalue weighted by atomic mass is 32.2. The number of hydrogen-bond acceptors (Lipinski definition) is 4. The van der Waals surface area contributed by atoms with Crippen molar-refractivity contribution < 1.29 is 14.2 Å². The van der Waals surface area contributed by atoms with Crippen LogP contribution in [0.25, 0.3) is 0 Å². The predicted molar refractivity (Wildman–Crippen MR) is 54.1 cm³/mol. The van der Waals surface area contributed by atoms with Crippen molar-refractivity contribution in [3.8, 4) is 0 Å². The summed E-state index contributed by atoms with van der Waals surface area (Å²) in [6, 6.07) is 0. The lowest BCUT2D eigenvalue weighted by molar-refractivity contribution is -0.0421. The Kier molecular flexibility index (Phi) is 6.62. The van der Waals surface area contributed by atoms with E-state index >= 15 is 0 Å². The highest BCUT2D eigenvalue weighted by Crippen LogP contribution is 2.12. The highest BCUT2D eigenvalue weighted by Gasteiger charge is 2.14. The van der Waals surface area contributed by atoms with Crippen LogP contribution in [0, 0.1) is 0 Å². The van der Waals surface area contributed by atoms with Gasteiger partial charge in [-0.25, -0.2) is 0 Å². The van der Waals surface area contributed by atoms with E-state index in [2.05, 4.69) is 0 Å². The van der Waals surface area contributed by atoms with Crippen LogP contribution < -0.4 is 0 Å². The molecule has 0 amide bonds. The van der Waals surface area contributed by atoms with E-state index < -0.39 is 0 Å². The molecule has 0 aromatic rings. The molecule has 0 spiro atoms. The molecule has 0 aromatic heterocycles. The van der Waals surface area contributed by atoms with Crippen molar-refractivity contribution >= 4 is 11.8 Å². The summed E-state index contributed by atoms with van der Waals surface area (Å²) in [5.74, 6) is 2.16. The Morgan fingerprint density at radius 3 is 2.77 bits per heavy atom. The Morgan fingerprint density at radius 1 is 1.31 bits per heavy atom. The summed E-state index contributed by atoms with van der Waals surface area (Å²) in [6.07, 6.45) is 1.05. The molecule has 1 fully saturated rings. The molecule has 4 heteroatoms. The first kappa shape index (κ1) is 11.3. The van der Waals surface area contributed by atoms with Gasteiger partial charge in [0.2, 0.25) is 0 Å². The van der Waals surface area contributed by atoms with Crippen LogP contribution in [0.2, 0.25) is 0 Å². The molecule has 0 bridgehead atoms. The van der Waals surface area contributed by atoms with Crippen LogP contribution in [0.1, 0.15) is 13.3 Å². The smallest absolute Gasteiger partial charge is 0.158 e. The van der Waals surface area contributed by atoms with E-state index in [1.165, 1.54) is 0 Å². The fraction of sp³-hybridized carbons (Fsp3) is 1.00. The fourth-order valence-corrected chi connectivity index (χ4v) is 1.92. The Morgan fingerprint density at radius 2 is 2.08 bits per heavy atom. The normalized spacial score (nSPS) is 18.2. The van der Waals surface area contributed by atoms with Crippen molar-refractivity contribution in [3.05, 3.63) is 0 Å². The van der Waals surface area contributed by atoms with E-state index in [1.807, 2.05) is 18.7 Å². The zero-order valence-electron chi connectivity index (χ0n) is 8.16. The second-order valence-corrected chi connectivity index (χ2v) is 3.99. The van der Waals surface area contributed by atoms with Crippen LogP contribution in [0.15, 0.2) is 0 Å². The van der Waals surface area contributed by atoms with Gasteiger partial charge in [0.1, 0.15) is 0 Å². The average molecular weight is 206 g/mol. The van der Waals surface area contributed by atoms with Crippen LogP contribution in [0.4, 0.5) is 0 Å². The maximum atomic E-state index is 5.31. The number of ether oxygens (including phenoxy) is 3. The molecule has 0 radical (unpaired) electrons. The molecule has 0 atom stereocenters. The van der Waals surface area contributed by atoms with Crippen LogP contribution in [-0.2, 0) is 14.2 Å². The van der Waals surface area contributed by atoms with Gasteiger partial charge in [-0.3, -0.25) is 0 Å². The van der Waals surface area contributed by atoms with Gasteiger partial charge in [0.25, 0.3) is 0 Å². The summed E-state index contributed by atoms with van der Waals surface area (Å²) < 4.78 is 15.8. The molecule has 0 unspecified atom stereocenters. The van der Waals surface area contributed by atoms with E-state index in [0.29, 0.717) is 0 Å². The van der Waals surface area contributed by atoms with Gasteiger partial charge in [-0.05, 0) is 12.7 Å². The Balaban J connectivity index is 1.78. The minimum Gasteiger partial charge on any atom is -0.381 e. The molecule has 0 N–H and O–H groups in total. The molecule has 1 aliphatic heterocycles. The van der Waals surface area contributed by atoms with Gasteiger partial charge >= 0.3 is 0 Å². The predicted octanol–water partition coefficient (Wildman–Crippen LogP) is 1.52. The van der Waals surface area contributed by atoms with Gasteiger partial charge in [-0.1, -0.05) is 0 Å². The van der Waals surface area contributed by atoms with Crippen molar-refractivity contribution in [1.29, 1.82) is 0 Å². The zero-order chi connectivity index (χ0) is 9.36. The number of hydrogen-bond donors (Lipinski definition) is 0. The minimum atomic E-state index is 0.0552. The maximum Gasteiger partial charge on any atom is 0.158 e. The lowest BCUT2D eigenvalue weighted by atomic mass is 10.5. The van der Waals surface area contributed by atoms with Crippen molar-refractivity contribution in [3.63, 3.8) is 0 Å². The first-order valence-corrected chi connectivity index (χ1v) is 5.97. The molecule has 13 heavy (non-hydrogen) atoms. The molecule has 1 saturated heterocycles. The summed E-state index contributed by atoms with van der Waals surface area (Å²) in [6.45, 7) is 5.20. The standard InChI is InChI=1S/C9H18O3S/c1-2-10-6-8-13-7-3-9-11-4-5-12-9/h9H,2-8H2,1H3. The van der Waals surface area contributed by atoms with E-state index in [1.54, 1.807) is 0 Å². The van der Waals surface area contributed by atoms with Crippen molar-refractivity contribution in [2.24, 2.45) is 0 Å². The third-order valence-electron chi connectivity index (χ3n) is 1.76. The van der Waals surface area contributed by atoms with Gasteiger partial charge in [-0.2, -0.15) is 11.8 Å². The second kappa shape index (κ2) is 7.62. The summed E-state index contributed by atoms with van der Waals surface area (Å²) in [7, 11) is 0. The van der Waals surface area contributed by atoms with Crippen molar-refractivity contribution in [2.75, 3.05) is 37.9 Å². The first-order valence-electron chi connectivity index (χ1n) is 4.82. The highest BCUT2D eigenvalue weighted by molar-refractivity contribution is 7.99. The van der Waals surface area contributed by atoms with Gasteiger partial charge in [0, 0.05) is 18.8 Å². The van der Waals surface area contributed by atoms with Gasteiger partial charge in [0.05, 0.1) is 19.8 Å². The van der Waals surface area contributed by atoms with Crippen molar-refractivity contribution in [1.82, 2.24) is 0 Å². The molecular weight excluding hydrogens is 188 g/mol. The van der Waals surface area contributed by atoms with E-state index in [-0.39, 0.29) is 6.29 Å². The third-order valence-corrected chi connectivity index (χ3v) is 2.74. The maximum absolute atomic E-state index is 5.31. The molecule has 0 aliphatic carbocycles. The SMILES string of the molecule is CCOCCSCCC1OCCO1. The second-order valence-electron chi connectivity index (χ2n) is 2.77. The van der Waals surface area contributed by atoms with Crippen LogP contribution in [-0.4, -0.2) is 44.2 Å². The average Bonchev–Trinajstić information content (AvgIpc) is 2.63. The number of thioether (sulfide) groups is 1. The molecule has 78 valence electrons. The monoisotopic (exact) mass is 206 g/mol. The largest absolute Gasteiger partial charge is 0.381 e.